The normalized spacial score (nSPS) is 15.0. The Morgan fingerprint density at radius 3 is 2.03 bits per heavy atom. The van der Waals surface area contributed by atoms with Gasteiger partial charge < -0.3 is 19.4 Å². The van der Waals surface area contributed by atoms with E-state index in [0.717, 1.165) is 67.8 Å². The minimum Gasteiger partial charge on any atom is -0.497 e. The van der Waals surface area contributed by atoms with E-state index in [4.69, 9.17) is 9.47 Å². The van der Waals surface area contributed by atoms with Crippen molar-refractivity contribution < 1.29 is 9.47 Å². The van der Waals surface area contributed by atoms with Gasteiger partial charge in [-0.05, 0) is 79.8 Å². The van der Waals surface area contributed by atoms with Crippen LogP contribution in [0.5, 0.6) is 11.5 Å². The van der Waals surface area contributed by atoms with Crippen LogP contribution in [-0.2, 0) is 0 Å². The van der Waals surface area contributed by atoms with Crippen LogP contribution in [0.15, 0.2) is 77.6 Å². The lowest BCUT2D eigenvalue weighted by Crippen LogP contribution is -2.37. The Morgan fingerprint density at radius 2 is 1.44 bits per heavy atom. The van der Waals surface area contributed by atoms with E-state index < -0.39 is 0 Å². The summed E-state index contributed by atoms with van der Waals surface area (Å²) in [5, 5.41) is 0. The molecule has 1 aliphatic rings. The Hall–Kier alpha value is -3.51. The maximum atomic E-state index is 12.6. The number of likely N-dealkylation sites (tertiary alicyclic amines) is 1. The Balaban J connectivity index is 1.21. The monoisotopic (exact) mass is 485 g/mol. The summed E-state index contributed by atoms with van der Waals surface area (Å²) in [6.45, 7) is 3.11. The Morgan fingerprint density at radius 1 is 0.861 bits per heavy atom. The van der Waals surface area contributed by atoms with E-state index in [-0.39, 0.29) is 11.7 Å². The van der Waals surface area contributed by atoms with Crippen molar-refractivity contribution in [2.45, 2.75) is 37.6 Å². The molecule has 188 valence electrons. The number of hydrogen-bond donors (Lipinski definition) is 1. The maximum absolute atomic E-state index is 12.6. The summed E-state index contributed by atoms with van der Waals surface area (Å²) in [4.78, 5) is 18.2. The number of piperidine rings is 1. The standard InChI is InChI=1S/C30H35N3O3/c1-35-25-13-9-22(10-14-25)27(23-11-15-26(36-2)16-12-23)6-5-19-32-20-17-24(18-21-32)33-29-8-4-3-7-28(29)31-30(33)34/h3-4,7-16,24,27H,5-6,17-21H2,1-2H3,(H,31,34). The van der Waals surface area contributed by atoms with E-state index in [1.165, 1.54) is 11.1 Å². The molecule has 2 heterocycles. The largest absolute Gasteiger partial charge is 0.497 e. The fraction of sp³-hybridized carbons (Fsp3) is 0.367. The summed E-state index contributed by atoms with van der Waals surface area (Å²) in [5.41, 5.74) is 4.56. The Bertz CT molecular complexity index is 1270. The van der Waals surface area contributed by atoms with E-state index in [1.807, 2.05) is 53.1 Å². The fourth-order valence-electron chi connectivity index (χ4n) is 5.56. The van der Waals surface area contributed by atoms with Gasteiger partial charge in [0.05, 0.1) is 25.3 Å². The van der Waals surface area contributed by atoms with Crippen LogP contribution in [0, 0.1) is 0 Å². The lowest BCUT2D eigenvalue weighted by molar-refractivity contribution is 0.183. The van der Waals surface area contributed by atoms with E-state index in [2.05, 4.69) is 34.1 Å². The first kappa shape index (κ1) is 24.2. The molecule has 1 saturated heterocycles. The molecule has 3 aromatic carbocycles. The number of imidazole rings is 1. The molecule has 1 fully saturated rings. The second kappa shape index (κ2) is 11.0. The maximum Gasteiger partial charge on any atom is 0.326 e. The summed E-state index contributed by atoms with van der Waals surface area (Å²) in [7, 11) is 3.40. The molecule has 0 bridgehead atoms. The number of rotatable bonds is 9. The highest BCUT2D eigenvalue weighted by Crippen LogP contribution is 2.32. The van der Waals surface area contributed by atoms with Gasteiger partial charge in [0.1, 0.15) is 11.5 Å². The van der Waals surface area contributed by atoms with Crippen molar-refractivity contribution in [1.29, 1.82) is 0 Å². The number of ether oxygens (including phenoxy) is 2. The number of benzene rings is 3. The van der Waals surface area contributed by atoms with Crippen molar-refractivity contribution in [3.8, 4) is 11.5 Å². The highest BCUT2D eigenvalue weighted by atomic mass is 16.5. The lowest BCUT2D eigenvalue weighted by atomic mass is 9.87. The van der Waals surface area contributed by atoms with Gasteiger partial charge in [-0.25, -0.2) is 4.79 Å². The molecule has 6 nitrogen and oxygen atoms in total. The van der Waals surface area contributed by atoms with E-state index in [0.29, 0.717) is 5.92 Å². The molecule has 1 N–H and O–H groups in total. The summed E-state index contributed by atoms with van der Waals surface area (Å²) in [6.07, 6.45) is 4.19. The van der Waals surface area contributed by atoms with Crippen molar-refractivity contribution in [2.75, 3.05) is 33.9 Å². The predicted molar refractivity (Wildman–Crippen MR) is 144 cm³/mol. The molecule has 0 atom stereocenters. The minimum atomic E-state index is 0.0106. The summed E-state index contributed by atoms with van der Waals surface area (Å²) >= 11 is 0. The van der Waals surface area contributed by atoms with Crippen LogP contribution in [0.25, 0.3) is 11.0 Å². The van der Waals surface area contributed by atoms with E-state index in [9.17, 15) is 4.79 Å². The van der Waals surface area contributed by atoms with Crippen LogP contribution in [0.1, 0.15) is 48.8 Å². The van der Waals surface area contributed by atoms with Crippen molar-refractivity contribution in [3.63, 3.8) is 0 Å². The zero-order chi connectivity index (χ0) is 24.9. The van der Waals surface area contributed by atoms with Crippen LogP contribution in [-0.4, -0.2) is 48.3 Å². The van der Waals surface area contributed by atoms with Gasteiger partial charge in [0.2, 0.25) is 0 Å². The molecule has 1 aliphatic heterocycles. The number of aromatic amines is 1. The molecule has 0 unspecified atom stereocenters. The van der Waals surface area contributed by atoms with Gasteiger partial charge in [-0.15, -0.1) is 0 Å². The average Bonchev–Trinajstić information content (AvgIpc) is 3.27. The Labute approximate surface area is 212 Å². The van der Waals surface area contributed by atoms with Crippen molar-refractivity contribution in [3.05, 3.63) is 94.4 Å². The molecule has 0 aliphatic carbocycles. The van der Waals surface area contributed by atoms with Gasteiger partial charge in [-0.3, -0.25) is 4.57 Å². The number of nitrogens with one attached hydrogen (secondary N) is 1. The van der Waals surface area contributed by atoms with Gasteiger partial charge in [-0.1, -0.05) is 36.4 Å². The first-order valence-corrected chi connectivity index (χ1v) is 12.9. The predicted octanol–water partition coefficient (Wildman–Crippen LogP) is 5.60. The SMILES string of the molecule is COc1ccc(C(CCCN2CCC(n3c(=O)[nH]c4ccccc43)CC2)c2ccc(OC)cc2)cc1. The third-order valence-corrected chi connectivity index (χ3v) is 7.55. The van der Waals surface area contributed by atoms with Crippen molar-refractivity contribution in [1.82, 2.24) is 14.5 Å². The van der Waals surface area contributed by atoms with Crippen LogP contribution in [0.3, 0.4) is 0 Å². The summed E-state index contributed by atoms with van der Waals surface area (Å²) < 4.78 is 12.7. The molecular formula is C30H35N3O3. The number of fused-ring (bicyclic) bond motifs is 1. The smallest absolute Gasteiger partial charge is 0.326 e. The highest BCUT2D eigenvalue weighted by Gasteiger charge is 2.24. The quantitative estimate of drug-likeness (QED) is 0.335. The van der Waals surface area contributed by atoms with Crippen LogP contribution in [0.4, 0.5) is 0 Å². The molecular weight excluding hydrogens is 450 g/mol. The van der Waals surface area contributed by atoms with Gasteiger partial charge >= 0.3 is 5.69 Å². The van der Waals surface area contributed by atoms with Gasteiger partial charge in [0, 0.05) is 25.0 Å². The fourth-order valence-corrected chi connectivity index (χ4v) is 5.56. The molecule has 36 heavy (non-hydrogen) atoms. The number of H-pyrrole nitrogens is 1. The van der Waals surface area contributed by atoms with Crippen LogP contribution >= 0.6 is 0 Å². The molecule has 0 amide bonds. The van der Waals surface area contributed by atoms with Crippen LogP contribution < -0.4 is 15.2 Å². The second-order valence-corrected chi connectivity index (χ2v) is 9.63. The second-order valence-electron chi connectivity index (χ2n) is 9.63. The Kier molecular flexibility index (Phi) is 7.42. The van der Waals surface area contributed by atoms with Gasteiger partial charge in [0.15, 0.2) is 0 Å². The third kappa shape index (κ3) is 5.19. The number of nitrogens with zero attached hydrogens (tertiary/aromatic N) is 2. The van der Waals surface area contributed by atoms with E-state index in [1.54, 1.807) is 14.2 Å². The number of hydrogen-bond acceptors (Lipinski definition) is 4. The number of methoxy groups -OCH3 is 2. The zero-order valence-corrected chi connectivity index (χ0v) is 21.2. The van der Waals surface area contributed by atoms with E-state index >= 15 is 0 Å². The molecule has 0 radical (unpaired) electrons. The molecule has 4 aromatic rings. The van der Waals surface area contributed by atoms with Gasteiger partial charge in [0.25, 0.3) is 0 Å². The zero-order valence-electron chi connectivity index (χ0n) is 21.2. The lowest BCUT2D eigenvalue weighted by Gasteiger charge is -2.33. The highest BCUT2D eigenvalue weighted by molar-refractivity contribution is 5.75. The summed E-state index contributed by atoms with van der Waals surface area (Å²) in [5.74, 6) is 2.08. The summed E-state index contributed by atoms with van der Waals surface area (Å²) in [6, 6.07) is 25.1. The average molecular weight is 486 g/mol. The number of aromatic nitrogens is 2. The topological polar surface area (TPSA) is 59.5 Å². The first-order chi connectivity index (χ1) is 17.7. The minimum absolute atomic E-state index is 0.0106. The molecule has 5 rings (SSSR count). The molecule has 1 aromatic heterocycles. The molecule has 6 heteroatoms. The third-order valence-electron chi connectivity index (χ3n) is 7.55. The molecule has 0 saturated carbocycles. The van der Waals surface area contributed by atoms with Crippen molar-refractivity contribution in [2.24, 2.45) is 0 Å². The molecule has 0 spiro atoms. The van der Waals surface area contributed by atoms with Crippen molar-refractivity contribution >= 4 is 11.0 Å². The van der Waals surface area contributed by atoms with Gasteiger partial charge in [-0.2, -0.15) is 0 Å². The first-order valence-electron chi connectivity index (χ1n) is 12.9. The number of para-hydroxylation sites is 2. The van der Waals surface area contributed by atoms with Crippen LogP contribution in [0.2, 0.25) is 0 Å².